The maximum Gasteiger partial charge on any atom is -0.0112 e. The van der Waals surface area contributed by atoms with Gasteiger partial charge in [-0.15, -0.1) is 9.24 Å². The summed E-state index contributed by atoms with van der Waals surface area (Å²) < 4.78 is 0. The van der Waals surface area contributed by atoms with Crippen LogP contribution in [0.1, 0.15) is 52.7 Å². The molecule has 1 atom stereocenters. The van der Waals surface area contributed by atoms with E-state index in [0.717, 1.165) is 0 Å². The Hall–Kier alpha value is -1.91. The van der Waals surface area contributed by atoms with E-state index >= 15 is 0 Å². The molecule has 3 aromatic carbocycles. The molecule has 3 aromatic rings. The molecule has 0 aliphatic rings. The Morgan fingerprint density at radius 2 is 1.11 bits per heavy atom. The number of benzene rings is 3. The van der Waals surface area contributed by atoms with Gasteiger partial charge in [-0.2, -0.15) is 0 Å². The Kier molecular flexibility index (Phi) is 5.33. The van der Waals surface area contributed by atoms with Crippen LogP contribution in [0, 0.1) is 0 Å². The van der Waals surface area contributed by atoms with Crippen LogP contribution in [-0.4, -0.2) is 0 Å². The summed E-state index contributed by atoms with van der Waals surface area (Å²) in [5.41, 5.74) is 8.14. The summed E-state index contributed by atoms with van der Waals surface area (Å²) in [5.74, 6) is 0. The van der Waals surface area contributed by atoms with E-state index in [1.165, 1.54) is 38.7 Å². The van der Waals surface area contributed by atoms with Crippen molar-refractivity contribution in [1.29, 1.82) is 0 Å². The molecular weight excluding hydrogens is 343 g/mol. The highest BCUT2D eigenvalue weighted by Gasteiger charge is 2.21. The highest BCUT2D eigenvalue weighted by Crippen LogP contribution is 2.34. The summed E-state index contributed by atoms with van der Waals surface area (Å²) in [6.45, 7) is 13.7. The first kappa shape index (κ1) is 19.8. The van der Waals surface area contributed by atoms with Gasteiger partial charge in [-0.05, 0) is 55.6 Å². The lowest BCUT2D eigenvalue weighted by molar-refractivity contribution is 0.569. The molecule has 0 radical (unpaired) electrons. The summed E-state index contributed by atoms with van der Waals surface area (Å²) in [7, 11) is 2.94. The lowest BCUT2D eigenvalue weighted by Gasteiger charge is -2.26. The van der Waals surface area contributed by atoms with Crippen molar-refractivity contribution in [3.8, 4) is 22.3 Å². The minimum Gasteiger partial charge on any atom is -0.105 e. The van der Waals surface area contributed by atoms with E-state index in [2.05, 4.69) is 118 Å². The standard InChI is InChI=1S/C26H31P/c1-25(2,3)21-14-20(15-22(17-21)26(4,5)6)23-13-12-19(16-24(23)27)18-10-8-7-9-11-18/h7-17H,27H2,1-6H3. The normalized spacial score (nSPS) is 12.3. The average Bonchev–Trinajstić information content (AvgIpc) is 2.60. The lowest BCUT2D eigenvalue weighted by atomic mass is 9.79. The summed E-state index contributed by atoms with van der Waals surface area (Å²) in [6.07, 6.45) is 0. The molecule has 3 rings (SSSR count). The molecule has 0 N–H and O–H groups in total. The van der Waals surface area contributed by atoms with Gasteiger partial charge in [0.25, 0.3) is 0 Å². The fraction of sp³-hybridized carbons (Fsp3) is 0.308. The van der Waals surface area contributed by atoms with E-state index in [9.17, 15) is 0 Å². The van der Waals surface area contributed by atoms with Crippen LogP contribution in [0.15, 0.2) is 66.7 Å². The fourth-order valence-corrected chi connectivity index (χ4v) is 3.73. The molecule has 0 bridgehead atoms. The van der Waals surface area contributed by atoms with Crippen molar-refractivity contribution in [1.82, 2.24) is 0 Å². The van der Waals surface area contributed by atoms with Gasteiger partial charge in [0.15, 0.2) is 0 Å². The van der Waals surface area contributed by atoms with Crippen LogP contribution in [-0.2, 0) is 10.8 Å². The van der Waals surface area contributed by atoms with Crippen LogP contribution in [0.3, 0.4) is 0 Å². The Labute approximate surface area is 167 Å². The van der Waals surface area contributed by atoms with Crippen LogP contribution < -0.4 is 5.30 Å². The monoisotopic (exact) mass is 374 g/mol. The van der Waals surface area contributed by atoms with E-state index in [4.69, 9.17) is 0 Å². The molecule has 0 aliphatic heterocycles. The molecule has 0 saturated heterocycles. The van der Waals surface area contributed by atoms with Crippen molar-refractivity contribution in [2.75, 3.05) is 0 Å². The average molecular weight is 375 g/mol. The molecule has 1 unspecified atom stereocenters. The van der Waals surface area contributed by atoms with Gasteiger partial charge in [0.1, 0.15) is 0 Å². The van der Waals surface area contributed by atoms with Crippen molar-refractivity contribution in [2.24, 2.45) is 0 Å². The first-order valence-corrected chi connectivity index (χ1v) is 10.2. The predicted molar refractivity (Wildman–Crippen MR) is 124 cm³/mol. The molecule has 0 heterocycles. The quantitative estimate of drug-likeness (QED) is 0.419. The first-order chi connectivity index (χ1) is 12.6. The van der Waals surface area contributed by atoms with E-state index < -0.39 is 0 Å². The minimum atomic E-state index is 0.126. The zero-order valence-electron chi connectivity index (χ0n) is 17.4. The Morgan fingerprint density at radius 1 is 0.556 bits per heavy atom. The van der Waals surface area contributed by atoms with Crippen LogP contribution >= 0.6 is 9.24 Å². The summed E-state index contributed by atoms with van der Waals surface area (Å²) in [5, 5.41) is 1.24. The first-order valence-electron chi connectivity index (χ1n) is 9.67. The molecule has 0 aromatic heterocycles. The van der Waals surface area contributed by atoms with Crippen molar-refractivity contribution in [3.05, 3.63) is 77.9 Å². The molecule has 1 heteroatoms. The lowest BCUT2D eigenvalue weighted by Crippen LogP contribution is -2.17. The number of rotatable bonds is 2. The third-order valence-corrected chi connectivity index (χ3v) is 5.61. The summed E-state index contributed by atoms with van der Waals surface area (Å²) >= 11 is 0. The van der Waals surface area contributed by atoms with Crippen molar-refractivity contribution in [3.63, 3.8) is 0 Å². The molecule has 140 valence electrons. The molecule has 0 saturated carbocycles. The minimum absolute atomic E-state index is 0.126. The zero-order valence-corrected chi connectivity index (χ0v) is 18.6. The van der Waals surface area contributed by atoms with E-state index in [-0.39, 0.29) is 10.8 Å². The molecule has 0 fully saturated rings. The number of hydrogen-bond acceptors (Lipinski definition) is 0. The maximum absolute atomic E-state index is 2.94. The van der Waals surface area contributed by atoms with Crippen LogP contribution in [0.4, 0.5) is 0 Å². The second kappa shape index (κ2) is 7.25. The highest BCUT2D eigenvalue weighted by atomic mass is 31.0. The van der Waals surface area contributed by atoms with E-state index in [0.29, 0.717) is 0 Å². The molecule has 27 heavy (non-hydrogen) atoms. The van der Waals surface area contributed by atoms with Gasteiger partial charge in [0.05, 0.1) is 0 Å². The van der Waals surface area contributed by atoms with Crippen molar-refractivity contribution < 1.29 is 0 Å². The summed E-state index contributed by atoms with van der Waals surface area (Å²) in [4.78, 5) is 0. The Bertz CT molecular complexity index is 906. The Balaban J connectivity index is 2.13. The van der Waals surface area contributed by atoms with Gasteiger partial charge < -0.3 is 0 Å². The fourth-order valence-electron chi connectivity index (χ4n) is 3.28. The third-order valence-electron chi connectivity index (χ3n) is 5.13. The molecule has 0 nitrogen and oxygen atoms in total. The summed E-state index contributed by atoms with van der Waals surface area (Å²) in [6, 6.07) is 24.4. The van der Waals surface area contributed by atoms with Gasteiger partial charge in [-0.3, -0.25) is 0 Å². The number of hydrogen-bond donors (Lipinski definition) is 0. The SMILES string of the molecule is CC(C)(C)c1cc(-c2ccc(-c3ccccc3)cc2P)cc(C(C)(C)C)c1. The second-order valence-electron chi connectivity index (χ2n) is 9.47. The van der Waals surface area contributed by atoms with E-state index in [1.807, 2.05) is 0 Å². The molecule has 0 spiro atoms. The van der Waals surface area contributed by atoms with Gasteiger partial charge in [-0.1, -0.05) is 102 Å². The third kappa shape index (κ3) is 4.50. The van der Waals surface area contributed by atoms with Gasteiger partial charge in [-0.25, -0.2) is 0 Å². The Morgan fingerprint density at radius 3 is 1.59 bits per heavy atom. The topological polar surface area (TPSA) is 0 Å². The largest absolute Gasteiger partial charge is 0.105 e. The van der Waals surface area contributed by atoms with Gasteiger partial charge in [0.2, 0.25) is 0 Å². The van der Waals surface area contributed by atoms with Crippen LogP contribution in [0.25, 0.3) is 22.3 Å². The van der Waals surface area contributed by atoms with Gasteiger partial charge in [0, 0.05) is 0 Å². The molecule has 0 aliphatic carbocycles. The van der Waals surface area contributed by atoms with Gasteiger partial charge >= 0.3 is 0 Å². The van der Waals surface area contributed by atoms with Crippen molar-refractivity contribution in [2.45, 2.75) is 52.4 Å². The zero-order chi connectivity index (χ0) is 19.8. The van der Waals surface area contributed by atoms with Crippen molar-refractivity contribution >= 4 is 14.5 Å². The van der Waals surface area contributed by atoms with Crippen LogP contribution in [0.5, 0.6) is 0 Å². The smallest absolute Gasteiger partial charge is 0.0112 e. The highest BCUT2D eigenvalue weighted by molar-refractivity contribution is 7.28. The van der Waals surface area contributed by atoms with Crippen LogP contribution in [0.2, 0.25) is 0 Å². The predicted octanol–water partition coefficient (Wildman–Crippen LogP) is 7.12. The molecular formula is C26H31P. The van der Waals surface area contributed by atoms with E-state index in [1.54, 1.807) is 0 Å². The second-order valence-corrected chi connectivity index (χ2v) is 10.1. The maximum atomic E-state index is 2.94. The molecule has 0 amide bonds.